The van der Waals surface area contributed by atoms with Crippen molar-refractivity contribution in [3.05, 3.63) is 54.1 Å². The summed E-state index contributed by atoms with van der Waals surface area (Å²) >= 11 is 0. The van der Waals surface area contributed by atoms with Gasteiger partial charge in [-0.1, -0.05) is 50.2 Å². The van der Waals surface area contributed by atoms with Gasteiger partial charge in [-0.25, -0.2) is 13.6 Å². The van der Waals surface area contributed by atoms with Crippen LogP contribution < -0.4 is 5.14 Å². The Morgan fingerprint density at radius 3 is 2.11 bits per heavy atom. The van der Waals surface area contributed by atoms with Crippen molar-refractivity contribution in [3.63, 3.8) is 0 Å². The van der Waals surface area contributed by atoms with Crippen LogP contribution in [0.4, 0.5) is 0 Å². The van der Waals surface area contributed by atoms with Gasteiger partial charge in [-0.2, -0.15) is 0 Å². The second-order valence-corrected chi connectivity index (χ2v) is 6.41. The van der Waals surface area contributed by atoms with Crippen molar-refractivity contribution in [2.45, 2.75) is 24.7 Å². The largest absolute Gasteiger partial charge is 0.238 e. The van der Waals surface area contributed by atoms with Crippen molar-refractivity contribution >= 4 is 10.0 Å². The van der Waals surface area contributed by atoms with Crippen LogP contribution in [0.2, 0.25) is 0 Å². The fraction of sp³-hybridized carbons (Fsp3) is 0.200. The Balaban J connectivity index is 2.40. The van der Waals surface area contributed by atoms with Gasteiger partial charge in [0.05, 0.1) is 4.90 Å². The van der Waals surface area contributed by atoms with E-state index in [0.717, 1.165) is 11.1 Å². The van der Waals surface area contributed by atoms with Gasteiger partial charge in [0, 0.05) is 0 Å². The van der Waals surface area contributed by atoms with E-state index in [2.05, 4.69) is 26.0 Å². The first-order chi connectivity index (χ1) is 8.88. The van der Waals surface area contributed by atoms with Crippen LogP contribution in [0.1, 0.15) is 25.3 Å². The highest BCUT2D eigenvalue weighted by Crippen LogP contribution is 2.24. The number of rotatable bonds is 3. The molecule has 0 aliphatic heterocycles. The van der Waals surface area contributed by atoms with Gasteiger partial charge < -0.3 is 0 Å². The molecule has 0 aliphatic carbocycles. The van der Waals surface area contributed by atoms with E-state index < -0.39 is 10.0 Å². The molecule has 0 amide bonds. The summed E-state index contributed by atoms with van der Waals surface area (Å²) < 4.78 is 22.4. The van der Waals surface area contributed by atoms with E-state index in [-0.39, 0.29) is 4.90 Å². The van der Waals surface area contributed by atoms with Crippen LogP contribution in [0.5, 0.6) is 0 Å². The van der Waals surface area contributed by atoms with Crippen LogP contribution in [-0.2, 0) is 10.0 Å². The fourth-order valence-electron chi connectivity index (χ4n) is 1.91. The first-order valence-corrected chi connectivity index (χ1v) is 7.66. The van der Waals surface area contributed by atoms with Gasteiger partial charge in [0.2, 0.25) is 10.0 Å². The molecule has 2 aromatic carbocycles. The Labute approximate surface area is 114 Å². The average Bonchev–Trinajstić information content (AvgIpc) is 2.38. The van der Waals surface area contributed by atoms with E-state index in [9.17, 15) is 8.42 Å². The highest BCUT2D eigenvalue weighted by Gasteiger charge is 2.08. The van der Waals surface area contributed by atoms with Crippen molar-refractivity contribution in [3.8, 4) is 11.1 Å². The summed E-state index contributed by atoms with van der Waals surface area (Å²) in [6.07, 6.45) is 0. The first kappa shape index (κ1) is 13.8. The van der Waals surface area contributed by atoms with E-state index in [1.54, 1.807) is 12.1 Å². The van der Waals surface area contributed by atoms with Crippen LogP contribution in [-0.4, -0.2) is 8.42 Å². The highest BCUT2D eigenvalue weighted by atomic mass is 32.2. The third-order valence-electron chi connectivity index (χ3n) is 3.07. The zero-order valence-electron chi connectivity index (χ0n) is 11.0. The Morgan fingerprint density at radius 2 is 1.58 bits per heavy atom. The van der Waals surface area contributed by atoms with Crippen molar-refractivity contribution in [1.82, 2.24) is 0 Å². The predicted octanol–water partition coefficient (Wildman–Crippen LogP) is 3.12. The number of benzene rings is 2. The molecule has 0 unspecified atom stereocenters. The topological polar surface area (TPSA) is 60.2 Å². The lowest BCUT2D eigenvalue weighted by Gasteiger charge is -2.08. The highest BCUT2D eigenvalue weighted by molar-refractivity contribution is 7.89. The predicted molar refractivity (Wildman–Crippen MR) is 77.3 cm³/mol. The van der Waals surface area contributed by atoms with E-state index in [1.165, 1.54) is 17.7 Å². The smallest absolute Gasteiger partial charge is 0.225 e. The summed E-state index contributed by atoms with van der Waals surface area (Å²) in [5, 5.41) is 5.08. The fourth-order valence-corrected chi connectivity index (χ4v) is 2.43. The van der Waals surface area contributed by atoms with Crippen molar-refractivity contribution in [2.24, 2.45) is 5.14 Å². The molecule has 0 atom stereocenters. The van der Waals surface area contributed by atoms with Crippen molar-refractivity contribution < 1.29 is 8.42 Å². The quantitative estimate of drug-likeness (QED) is 0.935. The molecule has 0 saturated carbocycles. The van der Waals surface area contributed by atoms with Gasteiger partial charge >= 0.3 is 0 Å². The first-order valence-electron chi connectivity index (χ1n) is 6.11. The molecule has 4 heteroatoms. The molecule has 19 heavy (non-hydrogen) atoms. The minimum atomic E-state index is -3.62. The maximum atomic E-state index is 11.2. The van der Waals surface area contributed by atoms with E-state index >= 15 is 0 Å². The normalized spacial score (nSPS) is 11.8. The molecule has 0 saturated heterocycles. The average molecular weight is 275 g/mol. The van der Waals surface area contributed by atoms with Crippen LogP contribution in [0.15, 0.2) is 53.4 Å². The molecule has 0 aromatic heterocycles. The molecule has 0 aliphatic rings. The van der Waals surface area contributed by atoms with Gasteiger partial charge in [0.25, 0.3) is 0 Å². The Morgan fingerprint density at radius 1 is 0.947 bits per heavy atom. The SMILES string of the molecule is CC(C)c1cccc(-c2ccc(S(N)(=O)=O)cc2)c1. The monoisotopic (exact) mass is 275 g/mol. The lowest BCUT2D eigenvalue weighted by atomic mass is 9.97. The third kappa shape index (κ3) is 3.22. The Bertz CT molecular complexity index is 674. The molecule has 0 heterocycles. The zero-order valence-corrected chi connectivity index (χ0v) is 11.8. The number of sulfonamides is 1. The summed E-state index contributed by atoms with van der Waals surface area (Å²) in [4.78, 5) is 0.135. The summed E-state index contributed by atoms with van der Waals surface area (Å²) in [7, 11) is -3.62. The number of nitrogens with two attached hydrogens (primary N) is 1. The lowest BCUT2D eigenvalue weighted by molar-refractivity contribution is 0.598. The second-order valence-electron chi connectivity index (χ2n) is 4.85. The van der Waals surface area contributed by atoms with Crippen LogP contribution in [0.25, 0.3) is 11.1 Å². The Kier molecular flexibility index (Phi) is 3.73. The molecule has 2 rings (SSSR count). The molecule has 3 nitrogen and oxygen atoms in total. The maximum Gasteiger partial charge on any atom is 0.238 e. The maximum absolute atomic E-state index is 11.2. The van der Waals surface area contributed by atoms with Crippen LogP contribution in [0, 0.1) is 0 Å². The Hall–Kier alpha value is -1.65. The summed E-state index contributed by atoms with van der Waals surface area (Å²) in [6, 6.07) is 14.9. The summed E-state index contributed by atoms with van der Waals surface area (Å²) in [5.74, 6) is 0.462. The van der Waals surface area contributed by atoms with Gasteiger partial charge in [0.1, 0.15) is 0 Å². The minimum absolute atomic E-state index is 0.135. The number of primary sulfonamides is 1. The van der Waals surface area contributed by atoms with E-state index in [4.69, 9.17) is 5.14 Å². The lowest BCUT2D eigenvalue weighted by Crippen LogP contribution is -2.11. The van der Waals surface area contributed by atoms with Crippen molar-refractivity contribution in [1.29, 1.82) is 0 Å². The van der Waals surface area contributed by atoms with Gasteiger partial charge in [-0.15, -0.1) is 0 Å². The zero-order chi connectivity index (χ0) is 14.0. The molecular formula is C15H17NO2S. The van der Waals surface area contributed by atoms with Crippen molar-refractivity contribution in [2.75, 3.05) is 0 Å². The van der Waals surface area contributed by atoms with Gasteiger partial charge in [-0.3, -0.25) is 0 Å². The van der Waals surface area contributed by atoms with E-state index in [1.807, 2.05) is 12.1 Å². The minimum Gasteiger partial charge on any atom is -0.225 e. The molecule has 2 N–H and O–H groups in total. The van der Waals surface area contributed by atoms with Crippen LogP contribution >= 0.6 is 0 Å². The van der Waals surface area contributed by atoms with Crippen LogP contribution in [0.3, 0.4) is 0 Å². The standard InChI is InChI=1S/C15H17NO2S/c1-11(2)13-4-3-5-14(10-13)12-6-8-15(9-7-12)19(16,17)18/h3-11H,1-2H3,(H2,16,17,18). The molecule has 0 fully saturated rings. The summed E-state index contributed by atoms with van der Waals surface area (Å²) in [5.41, 5.74) is 3.31. The molecule has 0 bridgehead atoms. The number of hydrogen-bond acceptors (Lipinski definition) is 2. The summed E-state index contributed by atoms with van der Waals surface area (Å²) in [6.45, 7) is 4.28. The van der Waals surface area contributed by atoms with Gasteiger partial charge in [0.15, 0.2) is 0 Å². The molecule has 2 aromatic rings. The molecular weight excluding hydrogens is 258 g/mol. The molecule has 100 valence electrons. The van der Waals surface area contributed by atoms with E-state index in [0.29, 0.717) is 5.92 Å². The third-order valence-corrected chi connectivity index (χ3v) is 4.00. The second kappa shape index (κ2) is 5.15. The number of hydrogen-bond donors (Lipinski definition) is 1. The van der Waals surface area contributed by atoms with Gasteiger partial charge in [-0.05, 0) is 34.7 Å². The molecule has 0 radical (unpaired) electrons. The molecule has 0 spiro atoms.